The van der Waals surface area contributed by atoms with Crippen molar-refractivity contribution in [3.05, 3.63) is 17.5 Å². The van der Waals surface area contributed by atoms with Crippen LogP contribution in [0.4, 0.5) is 0 Å². The van der Waals surface area contributed by atoms with Crippen molar-refractivity contribution in [1.29, 1.82) is 0 Å². The summed E-state index contributed by atoms with van der Waals surface area (Å²) in [5.74, 6) is 1.55. The highest BCUT2D eigenvalue weighted by molar-refractivity contribution is 5.79. The van der Waals surface area contributed by atoms with Gasteiger partial charge >= 0.3 is 5.97 Å². The maximum Gasteiger partial charge on any atom is 0.302 e. The average molecular weight is 329 g/mol. The molecule has 3 aliphatic carbocycles. The first-order valence-electron chi connectivity index (χ1n) is 9.29. The SMILES string of the molecule is CC(=O)OC1CCC2C3C=C=C4NC(=O)CCC4(C)C3CCC12C. The number of nitrogens with one attached hydrogen (secondary N) is 1. The van der Waals surface area contributed by atoms with E-state index in [1.807, 2.05) is 0 Å². The van der Waals surface area contributed by atoms with Gasteiger partial charge in [0.05, 0.1) is 5.70 Å². The molecule has 4 heteroatoms. The fourth-order valence-corrected chi connectivity index (χ4v) is 6.11. The van der Waals surface area contributed by atoms with E-state index in [4.69, 9.17) is 4.74 Å². The Kier molecular flexibility index (Phi) is 3.47. The van der Waals surface area contributed by atoms with Crippen LogP contribution in [0, 0.1) is 28.6 Å². The summed E-state index contributed by atoms with van der Waals surface area (Å²) in [4.78, 5) is 23.2. The molecular weight excluding hydrogens is 302 g/mol. The number of carbonyl (C=O) groups excluding carboxylic acids is 2. The summed E-state index contributed by atoms with van der Waals surface area (Å²) < 4.78 is 5.67. The van der Waals surface area contributed by atoms with Gasteiger partial charge in [-0.25, -0.2) is 0 Å². The number of hydrogen-bond donors (Lipinski definition) is 1. The van der Waals surface area contributed by atoms with Gasteiger partial charge in [-0.05, 0) is 55.9 Å². The van der Waals surface area contributed by atoms with Gasteiger partial charge in [-0.1, -0.05) is 13.8 Å². The fourth-order valence-electron chi connectivity index (χ4n) is 6.11. The van der Waals surface area contributed by atoms with Crippen LogP contribution in [-0.4, -0.2) is 18.0 Å². The molecule has 0 aromatic heterocycles. The zero-order valence-electron chi connectivity index (χ0n) is 14.9. The third-order valence-corrected chi connectivity index (χ3v) is 7.50. The van der Waals surface area contributed by atoms with E-state index in [0.29, 0.717) is 24.2 Å². The second kappa shape index (κ2) is 5.23. The largest absolute Gasteiger partial charge is 0.462 e. The van der Waals surface area contributed by atoms with E-state index in [1.165, 1.54) is 6.92 Å². The van der Waals surface area contributed by atoms with E-state index in [0.717, 1.165) is 37.8 Å². The third-order valence-electron chi connectivity index (χ3n) is 7.50. The molecule has 24 heavy (non-hydrogen) atoms. The Morgan fingerprint density at radius 3 is 2.79 bits per heavy atom. The summed E-state index contributed by atoms with van der Waals surface area (Å²) in [7, 11) is 0. The first-order valence-corrected chi connectivity index (χ1v) is 9.29. The van der Waals surface area contributed by atoms with Crippen LogP contribution in [0.5, 0.6) is 0 Å². The van der Waals surface area contributed by atoms with Gasteiger partial charge in [-0.2, -0.15) is 0 Å². The van der Waals surface area contributed by atoms with Gasteiger partial charge in [0.25, 0.3) is 0 Å². The molecule has 3 fully saturated rings. The Balaban J connectivity index is 1.67. The molecule has 1 heterocycles. The van der Waals surface area contributed by atoms with Crippen LogP contribution in [0.15, 0.2) is 17.5 Å². The van der Waals surface area contributed by atoms with Gasteiger partial charge in [0, 0.05) is 24.2 Å². The molecule has 4 aliphatic rings. The van der Waals surface area contributed by atoms with Crippen LogP contribution in [0.3, 0.4) is 0 Å². The molecule has 1 aliphatic heterocycles. The van der Waals surface area contributed by atoms with Crippen LogP contribution in [0.1, 0.15) is 59.3 Å². The highest BCUT2D eigenvalue weighted by Gasteiger charge is 2.59. The summed E-state index contributed by atoms with van der Waals surface area (Å²) in [5, 5.41) is 3.06. The second-order valence-electron chi connectivity index (χ2n) is 8.66. The minimum atomic E-state index is -0.160. The molecule has 6 atom stereocenters. The van der Waals surface area contributed by atoms with Crippen molar-refractivity contribution in [2.75, 3.05) is 0 Å². The van der Waals surface area contributed by atoms with Crippen molar-refractivity contribution in [3.63, 3.8) is 0 Å². The van der Waals surface area contributed by atoms with Gasteiger partial charge in [-0.15, -0.1) is 5.73 Å². The Morgan fingerprint density at radius 1 is 1.25 bits per heavy atom. The normalized spacial score (nSPS) is 46.3. The second-order valence-corrected chi connectivity index (χ2v) is 8.66. The lowest BCUT2D eigenvalue weighted by Crippen LogP contribution is -2.52. The Bertz CT molecular complexity index is 662. The number of piperidine rings is 1. The Labute approximate surface area is 143 Å². The van der Waals surface area contributed by atoms with Crippen LogP contribution >= 0.6 is 0 Å². The lowest BCUT2D eigenvalue weighted by molar-refractivity contribution is -0.155. The molecule has 1 amide bonds. The number of hydrogen-bond acceptors (Lipinski definition) is 3. The molecular formula is C20H27NO3. The summed E-state index contributed by atoms with van der Waals surface area (Å²) in [6.07, 6.45) is 8.12. The summed E-state index contributed by atoms with van der Waals surface area (Å²) in [5.41, 5.74) is 4.54. The van der Waals surface area contributed by atoms with E-state index in [9.17, 15) is 9.59 Å². The first-order chi connectivity index (χ1) is 11.3. The standard InChI is InChI=1S/C20H27NO3/c1-12(22)24-17-7-5-14-13-4-6-16-19(2,11-9-18(23)21-16)15(13)8-10-20(14,17)3/h4,13-15,17H,5,7-11H2,1-3H3,(H,21,23). The third kappa shape index (κ3) is 2.12. The van der Waals surface area contributed by atoms with E-state index in [2.05, 4.69) is 31.0 Å². The number of amides is 1. The molecule has 130 valence electrons. The van der Waals surface area contributed by atoms with Crippen molar-refractivity contribution in [2.24, 2.45) is 28.6 Å². The average Bonchev–Trinajstić information content (AvgIpc) is 2.84. The number of rotatable bonds is 1. The molecule has 6 unspecified atom stereocenters. The Hall–Kier alpha value is -1.54. The molecule has 1 saturated heterocycles. The van der Waals surface area contributed by atoms with Gasteiger partial charge in [-0.3, -0.25) is 9.59 Å². The summed E-state index contributed by atoms with van der Waals surface area (Å²) in [6, 6.07) is 0. The summed E-state index contributed by atoms with van der Waals surface area (Å²) >= 11 is 0. The van der Waals surface area contributed by atoms with Crippen LogP contribution < -0.4 is 5.32 Å². The van der Waals surface area contributed by atoms with E-state index in [1.54, 1.807) is 0 Å². The van der Waals surface area contributed by atoms with E-state index in [-0.39, 0.29) is 28.8 Å². The molecule has 4 nitrogen and oxygen atoms in total. The molecule has 1 N–H and O–H groups in total. The number of allylic oxidation sites excluding steroid dienone is 1. The molecule has 4 rings (SSSR count). The predicted molar refractivity (Wildman–Crippen MR) is 89.7 cm³/mol. The van der Waals surface area contributed by atoms with E-state index >= 15 is 0 Å². The molecule has 0 radical (unpaired) electrons. The van der Waals surface area contributed by atoms with Gasteiger partial charge in [0.2, 0.25) is 5.91 Å². The van der Waals surface area contributed by atoms with Crippen LogP contribution in [0.25, 0.3) is 0 Å². The number of carbonyl (C=O) groups is 2. The van der Waals surface area contributed by atoms with Gasteiger partial charge in [0.15, 0.2) is 0 Å². The molecule has 0 spiro atoms. The maximum atomic E-state index is 11.8. The topological polar surface area (TPSA) is 55.4 Å². The first kappa shape index (κ1) is 16.0. The van der Waals surface area contributed by atoms with Crippen LogP contribution in [0.2, 0.25) is 0 Å². The lowest BCUT2D eigenvalue weighted by atomic mass is 9.51. The van der Waals surface area contributed by atoms with Crippen molar-refractivity contribution in [2.45, 2.75) is 65.4 Å². The number of fused-ring (bicyclic) bond motifs is 5. The zero-order chi connectivity index (χ0) is 17.1. The van der Waals surface area contributed by atoms with Gasteiger partial charge < -0.3 is 10.1 Å². The van der Waals surface area contributed by atoms with Crippen molar-refractivity contribution in [1.82, 2.24) is 5.32 Å². The minimum Gasteiger partial charge on any atom is -0.462 e. The Morgan fingerprint density at radius 2 is 2.04 bits per heavy atom. The monoisotopic (exact) mass is 329 g/mol. The van der Waals surface area contributed by atoms with Crippen molar-refractivity contribution >= 4 is 11.9 Å². The number of ether oxygens (including phenoxy) is 1. The highest BCUT2D eigenvalue weighted by Crippen LogP contribution is 2.63. The lowest BCUT2D eigenvalue weighted by Gasteiger charge is -2.54. The smallest absolute Gasteiger partial charge is 0.302 e. The molecule has 0 aromatic rings. The van der Waals surface area contributed by atoms with E-state index < -0.39 is 0 Å². The molecule has 0 bridgehead atoms. The number of esters is 1. The van der Waals surface area contributed by atoms with Crippen molar-refractivity contribution < 1.29 is 14.3 Å². The zero-order valence-corrected chi connectivity index (χ0v) is 14.9. The predicted octanol–water partition coefficient (Wildman–Crippen LogP) is 3.33. The molecule has 2 saturated carbocycles. The molecule has 0 aromatic carbocycles. The maximum absolute atomic E-state index is 11.8. The van der Waals surface area contributed by atoms with Crippen LogP contribution in [-0.2, 0) is 14.3 Å². The highest BCUT2D eigenvalue weighted by atomic mass is 16.5. The van der Waals surface area contributed by atoms with Gasteiger partial charge in [0.1, 0.15) is 6.10 Å². The minimum absolute atomic E-state index is 0.0359. The fraction of sp³-hybridized carbons (Fsp3) is 0.750. The quantitative estimate of drug-likeness (QED) is 0.593. The van der Waals surface area contributed by atoms with Crippen molar-refractivity contribution in [3.8, 4) is 0 Å². The summed E-state index contributed by atoms with van der Waals surface area (Å²) in [6.45, 7) is 6.14.